The highest BCUT2D eigenvalue weighted by Crippen LogP contribution is 2.04. The van der Waals surface area contributed by atoms with E-state index in [1.807, 2.05) is 6.20 Å². The highest BCUT2D eigenvalue weighted by Gasteiger charge is 1.85. The van der Waals surface area contributed by atoms with E-state index in [9.17, 15) is 0 Å². The van der Waals surface area contributed by atoms with E-state index < -0.39 is 0 Å². The Hall–Kier alpha value is -0.540. The topological polar surface area (TPSA) is 50.1 Å². The molecule has 0 unspecified atom stereocenters. The summed E-state index contributed by atoms with van der Waals surface area (Å²) in [4.78, 5) is 0. The zero-order valence-electron chi connectivity index (χ0n) is 7.97. The molecule has 72 valence electrons. The molecule has 3 heteroatoms. The summed E-state index contributed by atoms with van der Waals surface area (Å²) in [5.41, 5.74) is 5.04. The Kier molecular flexibility index (Phi) is 9.99. The fourth-order valence-electron chi connectivity index (χ4n) is 1.06. The number of rotatable bonds is 8. The molecule has 0 aromatic heterocycles. The normalized spacial score (nSPS) is 10.8. The first-order valence-corrected chi connectivity index (χ1v) is 4.78. The van der Waals surface area contributed by atoms with Crippen LogP contribution in [0.3, 0.4) is 0 Å². The highest BCUT2D eigenvalue weighted by atomic mass is 15.5. The average molecular weight is 171 g/mol. The third-order valence-electron chi connectivity index (χ3n) is 1.76. The van der Waals surface area contributed by atoms with Gasteiger partial charge in [0, 0.05) is 6.20 Å². The maximum Gasteiger partial charge on any atom is 0.00985 e. The lowest BCUT2D eigenvalue weighted by atomic mass is 10.1. The van der Waals surface area contributed by atoms with Gasteiger partial charge in [-0.1, -0.05) is 38.7 Å². The van der Waals surface area contributed by atoms with Crippen molar-refractivity contribution in [3.63, 3.8) is 0 Å². The Labute approximate surface area is 75.3 Å². The Balaban J connectivity index is 2.90. The molecular weight excluding hydrogens is 150 g/mol. The van der Waals surface area contributed by atoms with E-state index in [2.05, 4.69) is 24.0 Å². The first kappa shape index (κ1) is 11.5. The predicted octanol–water partition coefficient (Wildman–Crippen LogP) is 1.83. The number of unbranched alkanes of at least 4 members (excludes halogenated alkanes) is 5. The fourth-order valence-corrected chi connectivity index (χ4v) is 1.06. The van der Waals surface area contributed by atoms with E-state index in [0.29, 0.717) is 0 Å². The molecule has 0 bridgehead atoms. The predicted molar refractivity (Wildman–Crippen MR) is 53.0 cm³/mol. The quantitative estimate of drug-likeness (QED) is 0.297. The molecule has 0 aromatic rings. The van der Waals surface area contributed by atoms with Crippen LogP contribution in [0.2, 0.25) is 0 Å². The first-order chi connectivity index (χ1) is 5.91. The van der Waals surface area contributed by atoms with Gasteiger partial charge in [0.15, 0.2) is 0 Å². The van der Waals surface area contributed by atoms with Gasteiger partial charge in [0.25, 0.3) is 0 Å². The molecule has 3 nitrogen and oxygen atoms in total. The summed E-state index contributed by atoms with van der Waals surface area (Å²) in [5.74, 6) is 5.00. The number of hydrogen-bond acceptors (Lipinski definition) is 3. The zero-order chi connectivity index (χ0) is 9.07. The Morgan fingerprint density at radius 3 is 2.58 bits per heavy atom. The lowest BCUT2D eigenvalue weighted by Gasteiger charge is -1.96. The van der Waals surface area contributed by atoms with Gasteiger partial charge in [-0.05, 0) is 12.8 Å². The number of nitrogens with two attached hydrogens (primary N) is 1. The van der Waals surface area contributed by atoms with E-state index in [0.717, 1.165) is 6.42 Å². The monoisotopic (exact) mass is 171 g/mol. The number of hydrazine groups is 2. The molecule has 0 heterocycles. The summed E-state index contributed by atoms with van der Waals surface area (Å²) in [6.45, 7) is 2.23. The van der Waals surface area contributed by atoms with Gasteiger partial charge in [0.2, 0.25) is 0 Å². The molecule has 12 heavy (non-hydrogen) atoms. The summed E-state index contributed by atoms with van der Waals surface area (Å²) in [7, 11) is 0. The molecule has 0 aliphatic heterocycles. The summed E-state index contributed by atoms with van der Waals surface area (Å²) in [6.07, 6.45) is 11.7. The lowest BCUT2D eigenvalue weighted by molar-refractivity contribution is 0.631. The minimum Gasteiger partial charge on any atom is -0.316 e. The van der Waals surface area contributed by atoms with Gasteiger partial charge in [0.1, 0.15) is 0 Å². The molecule has 0 aromatic carbocycles. The van der Waals surface area contributed by atoms with Crippen molar-refractivity contribution in [1.29, 1.82) is 0 Å². The van der Waals surface area contributed by atoms with Crippen LogP contribution in [0.1, 0.15) is 45.4 Å². The Morgan fingerprint density at radius 1 is 1.17 bits per heavy atom. The number of nitrogens with one attached hydrogen (secondary N) is 2. The van der Waals surface area contributed by atoms with Gasteiger partial charge in [0.05, 0.1) is 0 Å². The van der Waals surface area contributed by atoms with E-state index in [-0.39, 0.29) is 0 Å². The van der Waals surface area contributed by atoms with Crippen LogP contribution in [0, 0.1) is 0 Å². The SMILES string of the molecule is CCCCCCCC=CNNN. The van der Waals surface area contributed by atoms with Crippen molar-refractivity contribution in [1.82, 2.24) is 11.0 Å². The van der Waals surface area contributed by atoms with Crippen LogP contribution in [-0.4, -0.2) is 0 Å². The van der Waals surface area contributed by atoms with Gasteiger partial charge < -0.3 is 5.43 Å². The standard InChI is InChI=1S/C9H21N3/c1-2-3-4-5-6-7-8-9-11-12-10/h8-9,11-12H,2-7,10H2,1H3. The van der Waals surface area contributed by atoms with Crippen molar-refractivity contribution in [3.05, 3.63) is 12.3 Å². The van der Waals surface area contributed by atoms with E-state index in [1.54, 1.807) is 0 Å². The molecule has 0 radical (unpaired) electrons. The van der Waals surface area contributed by atoms with Crippen LogP contribution in [0.4, 0.5) is 0 Å². The molecule has 0 aliphatic carbocycles. The second kappa shape index (κ2) is 10.5. The fraction of sp³-hybridized carbons (Fsp3) is 0.778. The molecule has 0 rings (SSSR count). The molecule has 0 spiro atoms. The van der Waals surface area contributed by atoms with Gasteiger partial charge in [-0.3, -0.25) is 5.84 Å². The molecule has 0 aliphatic rings. The maximum atomic E-state index is 5.00. The van der Waals surface area contributed by atoms with E-state index >= 15 is 0 Å². The van der Waals surface area contributed by atoms with Gasteiger partial charge in [-0.25, -0.2) is 0 Å². The summed E-state index contributed by atoms with van der Waals surface area (Å²) in [6, 6.07) is 0. The highest BCUT2D eigenvalue weighted by molar-refractivity contribution is 4.76. The molecule has 4 N–H and O–H groups in total. The van der Waals surface area contributed by atoms with E-state index in [1.165, 1.54) is 32.1 Å². The second-order valence-electron chi connectivity index (χ2n) is 2.89. The third-order valence-corrected chi connectivity index (χ3v) is 1.76. The van der Waals surface area contributed by atoms with Crippen LogP contribution < -0.4 is 16.8 Å². The molecule has 0 fully saturated rings. The molecular formula is C9H21N3. The van der Waals surface area contributed by atoms with Crippen molar-refractivity contribution in [2.24, 2.45) is 5.84 Å². The molecule has 0 saturated carbocycles. The Bertz CT molecular complexity index is 102. The molecule has 0 saturated heterocycles. The first-order valence-electron chi connectivity index (χ1n) is 4.78. The Morgan fingerprint density at radius 2 is 1.92 bits per heavy atom. The van der Waals surface area contributed by atoms with Crippen molar-refractivity contribution >= 4 is 0 Å². The van der Waals surface area contributed by atoms with Gasteiger partial charge in [-0.15, -0.1) is 0 Å². The average Bonchev–Trinajstić information content (AvgIpc) is 2.10. The minimum atomic E-state index is 1.14. The summed E-state index contributed by atoms with van der Waals surface area (Å²) >= 11 is 0. The van der Waals surface area contributed by atoms with Crippen molar-refractivity contribution in [3.8, 4) is 0 Å². The summed E-state index contributed by atoms with van der Waals surface area (Å²) < 4.78 is 0. The van der Waals surface area contributed by atoms with Gasteiger partial charge >= 0.3 is 0 Å². The van der Waals surface area contributed by atoms with Crippen LogP contribution in [0.25, 0.3) is 0 Å². The largest absolute Gasteiger partial charge is 0.316 e. The number of allylic oxidation sites excluding steroid dienone is 1. The second-order valence-corrected chi connectivity index (χ2v) is 2.89. The minimum absolute atomic E-state index is 1.14. The van der Waals surface area contributed by atoms with Crippen molar-refractivity contribution in [2.75, 3.05) is 0 Å². The van der Waals surface area contributed by atoms with Crippen LogP contribution in [0.5, 0.6) is 0 Å². The van der Waals surface area contributed by atoms with Crippen LogP contribution in [0.15, 0.2) is 12.3 Å². The third kappa shape index (κ3) is 9.46. The van der Waals surface area contributed by atoms with Crippen molar-refractivity contribution in [2.45, 2.75) is 45.4 Å². The van der Waals surface area contributed by atoms with E-state index in [4.69, 9.17) is 5.84 Å². The maximum absolute atomic E-state index is 5.00. The smallest absolute Gasteiger partial charge is 0.00985 e. The molecule has 0 atom stereocenters. The van der Waals surface area contributed by atoms with Crippen LogP contribution >= 0.6 is 0 Å². The van der Waals surface area contributed by atoms with Crippen molar-refractivity contribution < 1.29 is 0 Å². The van der Waals surface area contributed by atoms with Crippen LogP contribution in [-0.2, 0) is 0 Å². The number of hydrogen-bond donors (Lipinski definition) is 3. The zero-order valence-corrected chi connectivity index (χ0v) is 7.97. The summed E-state index contributed by atoms with van der Waals surface area (Å²) in [5, 5.41) is 0. The lowest BCUT2D eigenvalue weighted by Crippen LogP contribution is -2.33. The molecule has 0 amide bonds. The van der Waals surface area contributed by atoms with Gasteiger partial charge in [-0.2, -0.15) is 5.53 Å².